The number of carbonyl (C=O) groups is 2. The van der Waals surface area contributed by atoms with E-state index in [0.717, 1.165) is 0 Å². The van der Waals surface area contributed by atoms with Crippen molar-refractivity contribution in [2.45, 2.75) is 19.8 Å². The van der Waals surface area contributed by atoms with Crippen molar-refractivity contribution < 1.29 is 24.0 Å². The molecule has 1 aliphatic heterocycles. The zero-order chi connectivity index (χ0) is 17.5. The van der Waals surface area contributed by atoms with Gasteiger partial charge in [0.2, 0.25) is 0 Å². The Balaban J connectivity index is 1.84. The molecule has 0 unspecified atom stereocenters. The van der Waals surface area contributed by atoms with Crippen molar-refractivity contribution in [1.29, 1.82) is 0 Å². The van der Waals surface area contributed by atoms with E-state index >= 15 is 0 Å². The maximum absolute atomic E-state index is 12.2. The first-order valence-corrected chi connectivity index (χ1v) is 7.83. The summed E-state index contributed by atoms with van der Waals surface area (Å²) in [6.45, 7) is 2.73. The van der Waals surface area contributed by atoms with Gasteiger partial charge in [0.1, 0.15) is 0 Å². The number of esters is 1. The molecule has 1 aliphatic rings. The van der Waals surface area contributed by atoms with Gasteiger partial charge in [0.05, 0.1) is 17.4 Å². The Morgan fingerprint density at radius 2 is 1.96 bits per heavy atom. The van der Waals surface area contributed by atoms with Crippen LogP contribution in [-0.2, 0) is 14.3 Å². The molecule has 8 heteroatoms. The van der Waals surface area contributed by atoms with E-state index in [2.05, 4.69) is 0 Å². The molecule has 0 aliphatic carbocycles. The lowest BCUT2D eigenvalue weighted by atomic mass is 9.97. The maximum atomic E-state index is 12.2. The second kappa shape index (κ2) is 8.28. The molecule has 24 heavy (non-hydrogen) atoms. The monoisotopic (exact) mass is 336 g/mol. The Bertz CT molecular complexity index is 610. The number of likely N-dealkylation sites (tertiary alicyclic amines) is 1. The third kappa shape index (κ3) is 4.43. The summed E-state index contributed by atoms with van der Waals surface area (Å²) in [7, 11) is 0. The van der Waals surface area contributed by atoms with Crippen molar-refractivity contribution in [2.75, 3.05) is 26.3 Å². The summed E-state index contributed by atoms with van der Waals surface area (Å²) in [6.07, 6.45) is 1.10. The molecule has 1 fully saturated rings. The lowest BCUT2D eigenvalue weighted by Gasteiger charge is -2.30. The van der Waals surface area contributed by atoms with Crippen molar-refractivity contribution in [3.05, 3.63) is 34.4 Å². The largest absolute Gasteiger partial charge is 0.477 e. The van der Waals surface area contributed by atoms with Gasteiger partial charge in [0.15, 0.2) is 12.4 Å². The summed E-state index contributed by atoms with van der Waals surface area (Å²) in [5.74, 6) is -0.585. The Kier molecular flexibility index (Phi) is 6.11. The van der Waals surface area contributed by atoms with E-state index in [1.54, 1.807) is 17.9 Å². The normalized spacial score (nSPS) is 15.0. The average Bonchev–Trinajstić information content (AvgIpc) is 2.60. The van der Waals surface area contributed by atoms with Crippen LogP contribution in [0.15, 0.2) is 24.3 Å². The van der Waals surface area contributed by atoms with Crippen LogP contribution in [0.1, 0.15) is 19.8 Å². The smallest absolute Gasteiger partial charge is 0.310 e. The van der Waals surface area contributed by atoms with Gasteiger partial charge in [-0.1, -0.05) is 12.1 Å². The summed E-state index contributed by atoms with van der Waals surface area (Å²) >= 11 is 0. The Labute approximate surface area is 139 Å². The highest BCUT2D eigenvalue weighted by Crippen LogP contribution is 2.26. The van der Waals surface area contributed by atoms with Gasteiger partial charge in [-0.3, -0.25) is 19.7 Å². The molecule has 2 rings (SSSR count). The number of carbonyl (C=O) groups excluding carboxylic acids is 2. The minimum atomic E-state index is -0.551. The molecule has 0 N–H and O–H groups in total. The van der Waals surface area contributed by atoms with E-state index in [1.165, 1.54) is 18.2 Å². The van der Waals surface area contributed by atoms with Gasteiger partial charge < -0.3 is 14.4 Å². The fourth-order valence-electron chi connectivity index (χ4n) is 2.59. The lowest BCUT2D eigenvalue weighted by Crippen LogP contribution is -2.42. The van der Waals surface area contributed by atoms with E-state index in [0.29, 0.717) is 32.5 Å². The van der Waals surface area contributed by atoms with Crippen molar-refractivity contribution in [2.24, 2.45) is 5.92 Å². The van der Waals surface area contributed by atoms with Crippen molar-refractivity contribution in [3.8, 4) is 5.75 Å². The van der Waals surface area contributed by atoms with Crippen molar-refractivity contribution >= 4 is 17.6 Å². The fourth-order valence-corrected chi connectivity index (χ4v) is 2.59. The van der Waals surface area contributed by atoms with Crippen LogP contribution in [0.5, 0.6) is 5.75 Å². The number of hydrogen-bond donors (Lipinski definition) is 0. The van der Waals surface area contributed by atoms with E-state index in [-0.39, 0.29) is 35.8 Å². The number of nitro groups is 1. The number of amides is 1. The van der Waals surface area contributed by atoms with E-state index in [1.807, 2.05) is 0 Å². The predicted molar refractivity (Wildman–Crippen MR) is 84.5 cm³/mol. The Morgan fingerprint density at radius 1 is 1.29 bits per heavy atom. The molecule has 1 amide bonds. The molecule has 0 aromatic heterocycles. The molecule has 0 saturated carbocycles. The predicted octanol–water partition coefficient (Wildman–Crippen LogP) is 1.78. The Hall–Kier alpha value is -2.64. The molecule has 1 heterocycles. The second-order valence-electron chi connectivity index (χ2n) is 5.42. The van der Waals surface area contributed by atoms with Crippen LogP contribution in [0.25, 0.3) is 0 Å². The van der Waals surface area contributed by atoms with Crippen LogP contribution in [-0.4, -0.2) is 48.0 Å². The first kappa shape index (κ1) is 17.7. The third-order valence-electron chi connectivity index (χ3n) is 3.88. The zero-order valence-electron chi connectivity index (χ0n) is 13.5. The molecule has 1 aromatic rings. The maximum Gasteiger partial charge on any atom is 0.310 e. The highest BCUT2D eigenvalue weighted by Gasteiger charge is 2.28. The first-order chi connectivity index (χ1) is 11.5. The van der Waals surface area contributed by atoms with Crippen molar-refractivity contribution in [3.63, 3.8) is 0 Å². The molecule has 0 spiro atoms. The van der Waals surface area contributed by atoms with E-state index < -0.39 is 4.92 Å². The second-order valence-corrected chi connectivity index (χ2v) is 5.42. The van der Waals surface area contributed by atoms with Crippen LogP contribution >= 0.6 is 0 Å². The van der Waals surface area contributed by atoms with Gasteiger partial charge in [-0.2, -0.15) is 0 Å². The number of benzene rings is 1. The summed E-state index contributed by atoms with van der Waals surface area (Å²) in [5, 5.41) is 10.9. The van der Waals surface area contributed by atoms with Gasteiger partial charge in [-0.25, -0.2) is 0 Å². The standard InChI is InChI=1S/C16H20N2O6/c1-2-23-16(20)12-7-9-17(10-8-12)15(19)11-24-14-6-4-3-5-13(14)18(21)22/h3-6,12H,2,7-11H2,1H3. The van der Waals surface area contributed by atoms with Crippen LogP contribution in [0.2, 0.25) is 0 Å². The molecule has 1 saturated heterocycles. The quantitative estimate of drug-likeness (QED) is 0.446. The lowest BCUT2D eigenvalue weighted by molar-refractivity contribution is -0.385. The number of para-hydroxylation sites is 2. The van der Waals surface area contributed by atoms with Crippen molar-refractivity contribution in [1.82, 2.24) is 4.90 Å². The molecular weight excluding hydrogens is 316 g/mol. The van der Waals surface area contributed by atoms with Gasteiger partial charge in [0.25, 0.3) is 5.91 Å². The molecule has 1 aromatic carbocycles. The van der Waals surface area contributed by atoms with Gasteiger partial charge >= 0.3 is 11.7 Å². The fraction of sp³-hybridized carbons (Fsp3) is 0.500. The van der Waals surface area contributed by atoms with Crippen LogP contribution < -0.4 is 4.74 Å². The number of hydrogen-bond acceptors (Lipinski definition) is 6. The SMILES string of the molecule is CCOC(=O)C1CCN(C(=O)COc2ccccc2[N+](=O)[O-])CC1. The van der Waals surface area contributed by atoms with Crippen LogP contribution in [0.3, 0.4) is 0 Å². The molecule has 8 nitrogen and oxygen atoms in total. The van der Waals surface area contributed by atoms with Gasteiger partial charge in [-0.05, 0) is 25.8 Å². The summed E-state index contributed by atoms with van der Waals surface area (Å²) in [5.41, 5.74) is -0.175. The molecule has 0 atom stereocenters. The number of nitro benzene ring substituents is 1. The minimum absolute atomic E-state index is 0.0669. The zero-order valence-corrected chi connectivity index (χ0v) is 13.5. The summed E-state index contributed by atoms with van der Waals surface area (Å²) in [6, 6.07) is 5.92. The highest BCUT2D eigenvalue weighted by molar-refractivity contribution is 5.78. The highest BCUT2D eigenvalue weighted by atomic mass is 16.6. The first-order valence-electron chi connectivity index (χ1n) is 7.83. The summed E-state index contributed by atoms with van der Waals surface area (Å²) in [4.78, 5) is 35.8. The molecule has 130 valence electrons. The minimum Gasteiger partial charge on any atom is -0.477 e. The molecule has 0 bridgehead atoms. The molecule has 0 radical (unpaired) electrons. The molecular formula is C16H20N2O6. The van der Waals surface area contributed by atoms with Crippen LogP contribution in [0, 0.1) is 16.0 Å². The van der Waals surface area contributed by atoms with Gasteiger partial charge in [-0.15, -0.1) is 0 Å². The third-order valence-corrected chi connectivity index (χ3v) is 3.88. The van der Waals surface area contributed by atoms with Gasteiger partial charge in [0, 0.05) is 19.2 Å². The number of rotatable bonds is 6. The van der Waals surface area contributed by atoms with E-state index in [4.69, 9.17) is 9.47 Å². The van der Waals surface area contributed by atoms with Crippen LogP contribution in [0.4, 0.5) is 5.69 Å². The number of ether oxygens (including phenoxy) is 2. The average molecular weight is 336 g/mol. The summed E-state index contributed by atoms with van der Waals surface area (Å²) < 4.78 is 10.3. The number of nitrogens with zero attached hydrogens (tertiary/aromatic N) is 2. The van der Waals surface area contributed by atoms with E-state index in [9.17, 15) is 19.7 Å². The Morgan fingerprint density at radius 3 is 2.58 bits per heavy atom. The topological polar surface area (TPSA) is 99.0 Å². The number of piperidine rings is 1.